The van der Waals surface area contributed by atoms with Gasteiger partial charge in [0.1, 0.15) is 6.04 Å². The van der Waals surface area contributed by atoms with Crippen molar-refractivity contribution in [1.29, 1.82) is 0 Å². The van der Waals surface area contributed by atoms with Crippen molar-refractivity contribution in [3.63, 3.8) is 0 Å². The first-order valence-corrected chi connectivity index (χ1v) is 11.0. The van der Waals surface area contributed by atoms with E-state index >= 15 is 0 Å². The van der Waals surface area contributed by atoms with Crippen LogP contribution in [0.1, 0.15) is 56.4 Å². The molecule has 0 saturated heterocycles. The van der Waals surface area contributed by atoms with E-state index in [0.29, 0.717) is 31.8 Å². The van der Waals surface area contributed by atoms with Gasteiger partial charge in [-0.05, 0) is 49.3 Å². The maximum Gasteiger partial charge on any atom is 0.242 e. The minimum Gasteiger partial charge on any atom is -0.354 e. The quantitative estimate of drug-likeness (QED) is 0.620. The molecule has 0 unspecified atom stereocenters. The van der Waals surface area contributed by atoms with E-state index in [4.69, 9.17) is 0 Å². The fourth-order valence-corrected chi connectivity index (χ4v) is 3.26. The second kappa shape index (κ2) is 11.5. The van der Waals surface area contributed by atoms with Crippen LogP contribution in [-0.4, -0.2) is 29.3 Å². The molecule has 162 valence electrons. The normalized spacial score (nSPS) is 11.9. The fraction of sp³-hybridized carbons (Fsp3) is 0.462. The van der Waals surface area contributed by atoms with Crippen LogP contribution in [0.2, 0.25) is 0 Å². The number of hydrogen-bond donors (Lipinski definition) is 1. The summed E-state index contributed by atoms with van der Waals surface area (Å²) in [5, 5.41) is 2.97. The summed E-state index contributed by atoms with van der Waals surface area (Å²) >= 11 is 0. The van der Waals surface area contributed by atoms with E-state index in [1.165, 1.54) is 11.1 Å². The van der Waals surface area contributed by atoms with Gasteiger partial charge in [-0.15, -0.1) is 0 Å². The molecule has 30 heavy (non-hydrogen) atoms. The Morgan fingerprint density at radius 1 is 0.900 bits per heavy atom. The Morgan fingerprint density at radius 2 is 1.47 bits per heavy atom. The van der Waals surface area contributed by atoms with Gasteiger partial charge in [-0.2, -0.15) is 0 Å². The van der Waals surface area contributed by atoms with Gasteiger partial charge in [-0.25, -0.2) is 0 Å². The van der Waals surface area contributed by atoms with Gasteiger partial charge in [-0.3, -0.25) is 9.59 Å². The first-order chi connectivity index (χ1) is 14.3. The largest absolute Gasteiger partial charge is 0.354 e. The summed E-state index contributed by atoms with van der Waals surface area (Å²) < 4.78 is 0. The molecule has 1 N–H and O–H groups in total. The van der Waals surface area contributed by atoms with Crippen molar-refractivity contribution in [1.82, 2.24) is 10.2 Å². The third-order valence-electron chi connectivity index (χ3n) is 5.38. The van der Waals surface area contributed by atoms with Crippen molar-refractivity contribution in [2.24, 2.45) is 5.92 Å². The lowest BCUT2D eigenvalue weighted by Crippen LogP contribution is -2.48. The number of hydrogen-bond acceptors (Lipinski definition) is 2. The van der Waals surface area contributed by atoms with Gasteiger partial charge in [0.15, 0.2) is 0 Å². The Labute approximate surface area is 181 Å². The van der Waals surface area contributed by atoms with Gasteiger partial charge in [0.25, 0.3) is 0 Å². The summed E-state index contributed by atoms with van der Waals surface area (Å²) in [6.45, 7) is 11.2. The van der Waals surface area contributed by atoms with Gasteiger partial charge >= 0.3 is 0 Å². The first kappa shape index (κ1) is 23.7. The maximum absolute atomic E-state index is 13.1. The molecule has 0 saturated carbocycles. The van der Waals surface area contributed by atoms with Crippen LogP contribution in [0.5, 0.6) is 0 Å². The van der Waals surface area contributed by atoms with Crippen LogP contribution in [0.3, 0.4) is 0 Å². The van der Waals surface area contributed by atoms with Crippen molar-refractivity contribution in [2.45, 2.75) is 66.5 Å². The molecular weight excluding hydrogens is 372 g/mol. The highest BCUT2D eigenvalue weighted by Crippen LogP contribution is 2.14. The summed E-state index contributed by atoms with van der Waals surface area (Å²) in [5.41, 5.74) is 4.65. The Hall–Kier alpha value is -2.62. The van der Waals surface area contributed by atoms with E-state index in [1.54, 1.807) is 4.90 Å². The molecule has 2 rings (SSSR count). The summed E-state index contributed by atoms with van der Waals surface area (Å²) in [6.07, 6.45) is 2.07. The molecular formula is C26H36N2O2. The van der Waals surface area contributed by atoms with Crippen LogP contribution in [-0.2, 0) is 29.0 Å². The monoisotopic (exact) mass is 408 g/mol. The number of nitrogens with zero attached hydrogens (tertiary/aromatic N) is 1. The number of carbonyl (C=O) groups excluding carboxylic acids is 2. The van der Waals surface area contributed by atoms with Crippen LogP contribution in [0.25, 0.3) is 0 Å². The molecule has 0 radical (unpaired) electrons. The molecule has 4 heteroatoms. The highest BCUT2D eigenvalue weighted by atomic mass is 16.2. The molecule has 0 bridgehead atoms. The molecule has 0 aliphatic carbocycles. The summed E-state index contributed by atoms with van der Waals surface area (Å²) in [4.78, 5) is 27.5. The van der Waals surface area contributed by atoms with Gasteiger partial charge < -0.3 is 10.2 Å². The lowest BCUT2D eigenvalue weighted by molar-refractivity contribution is -0.140. The predicted molar refractivity (Wildman–Crippen MR) is 123 cm³/mol. The zero-order valence-corrected chi connectivity index (χ0v) is 19.1. The third kappa shape index (κ3) is 7.33. The van der Waals surface area contributed by atoms with Crippen LogP contribution in [0.15, 0.2) is 48.5 Å². The van der Waals surface area contributed by atoms with Crippen LogP contribution in [0, 0.1) is 12.8 Å². The number of rotatable bonds is 10. The number of benzene rings is 2. The average Bonchev–Trinajstić information content (AvgIpc) is 2.75. The maximum atomic E-state index is 13.1. The van der Waals surface area contributed by atoms with Crippen molar-refractivity contribution >= 4 is 11.8 Å². The van der Waals surface area contributed by atoms with Crippen LogP contribution >= 0.6 is 0 Å². The highest BCUT2D eigenvalue weighted by Gasteiger charge is 2.25. The lowest BCUT2D eigenvalue weighted by atomic mass is 10.0. The number of aryl methyl sites for hydroxylation is 3. The van der Waals surface area contributed by atoms with E-state index in [1.807, 2.05) is 38.1 Å². The smallest absolute Gasteiger partial charge is 0.242 e. The second-order valence-electron chi connectivity index (χ2n) is 8.49. The Balaban J connectivity index is 2.10. The second-order valence-corrected chi connectivity index (χ2v) is 8.49. The number of nitrogens with one attached hydrogen (secondary N) is 1. The van der Waals surface area contributed by atoms with Crippen molar-refractivity contribution in [3.05, 3.63) is 70.8 Å². The lowest BCUT2D eigenvalue weighted by Gasteiger charge is -2.29. The van der Waals surface area contributed by atoms with E-state index in [2.05, 4.69) is 50.4 Å². The zero-order chi connectivity index (χ0) is 22.1. The fourth-order valence-electron chi connectivity index (χ4n) is 3.26. The molecule has 1 atom stereocenters. The number of carbonyl (C=O) groups is 2. The molecule has 0 aromatic heterocycles. The molecule has 0 spiro atoms. The van der Waals surface area contributed by atoms with E-state index in [0.717, 1.165) is 17.5 Å². The molecule has 2 amide bonds. The van der Waals surface area contributed by atoms with E-state index in [-0.39, 0.29) is 11.8 Å². The average molecular weight is 409 g/mol. The molecule has 0 heterocycles. The topological polar surface area (TPSA) is 49.4 Å². The minimum atomic E-state index is -0.514. The Bertz CT molecular complexity index is 810. The van der Waals surface area contributed by atoms with Gasteiger partial charge in [0, 0.05) is 19.5 Å². The Morgan fingerprint density at radius 3 is 2.03 bits per heavy atom. The third-order valence-corrected chi connectivity index (χ3v) is 5.38. The molecule has 0 fully saturated rings. The molecule has 0 aliphatic heterocycles. The van der Waals surface area contributed by atoms with Crippen LogP contribution in [0.4, 0.5) is 0 Å². The summed E-state index contributed by atoms with van der Waals surface area (Å²) in [7, 11) is 0. The summed E-state index contributed by atoms with van der Waals surface area (Å²) in [5.74, 6) is 0.271. The predicted octanol–water partition coefficient (Wildman–Crippen LogP) is 4.68. The van der Waals surface area contributed by atoms with E-state index < -0.39 is 6.04 Å². The Kier molecular flexibility index (Phi) is 9.10. The highest BCUT2D eigenvalue weighted by molar-refractivity contribution is 5.87. The standard InChI is InChI=1S/C26H36N2O2/c1-6-22-11-13-23(14-12-22)15-16-25(29)28(18-24-9-7-20(4)8-10-24)21(5)26(30)27-17-19(2)3/h7-14,19,21H,6,15-18H2,1-5H3,(H,27,30)/t21-/m0/s1. The summed E-state index contributed by atoms with van der Waals surface area (Å²) in [6, 6.07) is 16.0. The van der Waals surface area contributed by atoms with Gasteiger partial charge in [0.05, 0.1) is 0 Å². The van der Waals surface area contributed by atoms with Gasteiger partial charge in [0.2, 0.25) is 11.8 Å². The minimum absolute atomic E-state index is 0.00217. The molecule has 4 nitrogen and oxygen atoms in total. The number of amides is 2. The molecule has 2 aromatic carbocycles. The SMILES string of the molecule is CCc1ccc(CCC(=O)N(Cc2ccc(C)cc2)[C@@H](C)C(=O)NCC(C)C)cc1. The van der Waals surface area contributed by atoms with Crippen LogP contribution < -0.4 is 5.32 Å². The molecule has 0 aliphatic rings. The van der Waals surface area contributed by atoms with Gasteiger partial charge in [-0.1, -0.05) is 74.9 Å². The zero-order valence-electron chi connectivity index (χ0n) is 19.1. The van der Waals surface area contributed by atoms with Crippen molar-refractivity contribution in [3.8, 4) is 0 Å². The van der Waals surface area contributed by atoms with Crippen molar-refractivity contribution in [2.75, 3.05) is 6.54 Å². The first-order valence-electron chi connectivity index (χ1n) is 11.0. The molecule has 2 aromatic rings. The van der Waals surface area contributed by atoms with E-state index in [9.17, 15) is 9.59 Å². The van der Waals surface area contributed by atoms with Crippen molar-refractivity contribution < 1.29 is 9.59 Å².